The van der Waals surface area contributed by atoms with Crippen LogP contribution in [-0.4, -0.2) is 29.4 Å². The van der Waals surface area contributed by atoms with Gasteiger partial charge in [-0.1, -0.05) is 72.8 Å². The molecule has 3 heterocycles. The summed E-state index contributed by atoms with van der Waals surface area (Å²) < 4.78 is 39.7. The Hall–Kier alpha value is -3.56. The van der Waals surface area contributed by atoms with Crippen molar-refractivity contribution in [1.82, 2.24) is 9.97 Å². The van der Waals surface area contributed by atoms with E-state index in [4.69, 9.17) is 9.47 Å². The molecule has 6 nitrogen and oxygen atoms in total. The summed E-state index contributed by atoms with van der Waals surface area (Å²) in [6, 6.07) is 32.7. The molecule has 1 N–H and O–H groups in total. The van der Waals surface area contributed by atoms with Crippen molar-refractivity contribution in [3.63, 3.8) is 0 Å². The van der Waals surface area contributed by atoms with Crippen LogP contribution in [0.25, 0.3) is 10.7 Å². The smallest absolute Gasteiger partial charge is 0.181 e. The number of thiazole rings is 1. The number of rotatable bonds is 9. The van der Waals surface area contributed by atoms with Gasteiger partial charge in [0.25, 0.3) is 0 Å². The van der Waals surface area contributed by atoms with Gasteiger partial charge < -0.3 is 14.5 Å². The quantitative estimate of drug-likeness (QED) is 0.175. The van der Waals surface area contributed by atoms with Gasteiger partial charge in [-0.15, -0.1) is 11.3 Å². The number of aromatic amines is 1. The van der Waals surface area contributed by atoms with Crippen LogP contribution in [0.1, 0.15) is 79.0 Å². The number of sulfone groups is 1. The first-order valence-corrected chi connectivity index (χ1v) is 18.3. The van der Waals surface area contributed by atoms with Crippen molar-refractivity contribution in [2.45, 2.75) is 72.6 Å². The lowest BCUT2D eigenvalue weighted by Gasteiger charge is -2.25. The second-order valence-corrected chi connectivity index (χ2v) is 15.8. The van der Waals surface area contributed by atoms with Crippen LogP contribution in [0.15, 0.2) is 114 Å². The lowest BCUT2D eigenvalue weighted by molar-refractivity contribution is -0.172. The van der Waals surface area contributed by atoms with E-state index in [0.717, 1.165) is 71.6 Å². The maximum absolute atomic E-state index is 12.9. The van der Waals surface area contributed by atoms with E-state index in [1.807, 2.05) is 35.8 Å². The lowest BCUT2D eigenvalue weighted by Crippen LogP contribution is -2.26. The minimum absolute atomic E-state index is 0.0628. The number of ether oxygens (including phenoxy) is 2. The Kier molecular flexibility index (Phi) is 7.49. The monoisotopic (exact) mass is 636 g/mol. The molecule has 0 radical (unpaired) electrons. The normalized spacial score (nSPS) is 25.6. The molecule has 0 amide bonds. The van der Waals surface area contributed by atoms with Crippen molar-refractivity contribution in [2.75, 3.05) is 0 Å². The van der Waals surface area contributed by atoms with Gasteiger partial charge >= 0.3 is 0 Å². The van der Waals surface area contributed by atoms with Gasteiger partial charge in [-0.3, -0.25) is 0 Å². The third kappa shape index (κ3) is 5.69. The Balaban J connectivity index is 1.07. The van der Waals surface area contributed by atoms with Gasteiger partial charge in [0.1, 0.15) is 17.2 Å². The lowest BCUT2D eigenvalue weighted by atomic mass is 9.85. The molecule has 2 aliphatic carbocycles. The number of nitrogens with zero attached hydrogens (tertiary/aromatic N) is 1. The number of benzene rings is 3. The van der Waals surface area contributed by atoms with E-state index >= 15 is 0 Å². The highest BCUT2D eigenvalue weighted by Crippen LogP contribution is 2.55. The van der Waals surface area contributed by atoms with E-state index in [1.165, 1.54) is 0 Å². The van der Waals surface area contributed by atoms with Crippen LogP contribution in [0.3, 0.4) is 0 Å². The summed E-state index contributed by atoms with van der Waals surface area (Å²) in [5, 5.41) is 2.72. The van der Waals surface area contributed by atoms with E-state index in [1.54, 1.807) is 23.5 Å². The molecule has 1 aliphatic heterocycles. The van der Waals surface area contributed by atoms with Crippen molar-refractivity contribution in [3.05, 3.63) is 131 Å². The Bertz CT molecular complexity index is 1800. The number of hydrogen-bond donors (Lipinski definition) is 1. The Morgan fingerprint density at radius 2 is 1.51 bits per heavy atom. The van der Waals surface area contributed by atoms with Crippen LogP contribution in [0.2, 0.25) is 0 Å². The molecule has 3 fully saturated rings. The fourth-order valence-electron chi connectivity index (χ4n) is 7.20. The van der Waals surface area contributed by atoms with E-state index in [-0.39, 0.29) is 23.4 Å². The van der Waals surface area contributed by atoms with Gasteiger partial charge in [0.15, 0.2) is 15.6 Å². The van der Waals surface area contributed by atoms with Gasteiger partial charge in [0.05, 0.1) is 15.8 Å². The summed E-state index contributed by atoms with van der Waals surface area (Å²) in [4.78, 5) is 8.57. The largest absolute Gasteiger partial charge is 0.356 e. The number of aromatic nitrogens is 2. The molecule has 8 rings (SSSR count). The predicted octanol–water partition coefficient (Wildman–Crippen LogP) is 8.62. The molecule has 0 bridgehead atoms. The second-order valence-electron chi connectivity index (χ2n) is 12.7. The molecule has 2 aromatic heterocycles. The molecular weight excluding hydrogens is 601 g/mol. The van der Waals surface area contributed by atoms with E-state index in [2.05, 4.69) is 70.6 Å². The fourth-order valence-corrected chi connectivity index (χ4v) is 9.48. The molecule has 45 heavy (non-hydrogen) atoms. The minimum Gasteiger partial charge on any atom is -0.356 e. The first-order chi connectivity index (χ1) is 22.0. The van der Waals surface area contributed by atoms with Gasteiger partial charge in [0, 0.05) is 36.0 Å². The second kappa shape index (κ2) is 11.7. The molecule has 4 unspecified atom stereocenters. The van der Waals surface area contributed by atoms with Crippen LogP contribution in [0.4, 0.5) is 0 Å². The number of H-pyrrole nitrogens is 1. The highest BCUT2D eigenvalue weighted by atomic mass is 32.2. The molecular formula is C37H36N2O4S2. The summed E-state index contributed by atoms with van der Waals surface area (Å²) >= 11 is 1.61. The molecule has 1 saturated heterocycles. The standard InChI is InChI=1S/C37H36N2O4S2/c40-45(41,30-15-16-30)29-13-11-26(12-14-29)31(32-17-18-33(39-32)36-38-21-22-44-36)23-25-19-20-37(24-25)42-34(27-7-3-1-4-8-27)35(43-37)28-9-5-2-6-10-28/h1-14,17-18,21-22,25,30-31,34-35,39H,15-16,19-20,23-24H2. The first kappa shape index (κ1) is 28.9. The zero-order chi connectivity index (χ0) is 30.4. The highest BCUT2D eigenvalue weighted by molar-refractivity contribution is 7.92. The summed E-state index contributed by atoms with van der Waals surface area (Å²) in [6.45, 7) is 0. The average molecular weight is 637 g/mol. The third-order valence-corrected chi connectivity index (χ3v) is 12.7. The number of hydrogen-bond acceptors (Lipinski definition) is 6. The summed E-state index contributed by atoms with van der Waals surface area (Å²) in [6.07, 6.45) is 6.54. The zero-order valence-electron chi connectivity index (χ0n) is 24.9. The predicted molar refractivity (Wildman–Crippen MR) is 176 cm³/mol. The molecule has 2 saturated carbocycles. The zero-order valence-corrected chi connectivity index (χ0v) is 26.6. The topological polar surface area (TPSA) is 81.3 Å². The Labute approximate surface area is 268 Å². The van der Waals surface area contributed by atoms with Crippen molar-refractivity contribution in [1.29, 1.82) is 0 Å². The van der Waals surface area contributed by atoms with Crippen LogP contribution in [0, 0.1) is 5.92 Å². The van der Waals surface area contributed by atoms with Crippen LogP contribution in [-0.2, 0) is 19.3 Å². The van der Waals surface area contributed by atoms with Crippen LogP contribution >= 0.6 is 11.3 Å². The highest BCUT2D eigenvalue weighted by Gasteiger charge is 2.52. The Morgan fingerprint density at radius 3 is 2.11 bits per heavy atom. The fraction of sp³-hybridized carbons (Fsp3) is 0.324. The van der Waals surface area contributed by atoms with Gasteiger partial charge in [-0.2, -0.15) is 0 Å². The first-order valence-electron chi connectivity index (χ1n) is 15.9. The SMILES string of the molecule is O=S(=O)(c1ccc(C(CC2CCC3(C2)OC(c2ccccc2)C(c2ccccc2)O3)c2ccc(-c3nccs3)[nH]2)cc1)C1CC1. The van der Waals surface area contributed by atoms with Gasteiger partial charge in [-0.25, -0.2) is 13.4 Å². The molecule has 1 spiro atoms. The van der Waals surface area contributed by atoms with E-state index in [0.29, 0.717) is 10.8 Å². The summed E-state index contributed by atoms with van der Waals surface area (Å²) in [5.41, 5.74) is 5.48. The molecule has 8 heteroatoms. The van der Waals surface area contributed by atoms with Gasteiger partial charge in [0.2, 0.25) is 0 Å². The molecule has 230 valence electrons. The van der Waals surface area contributed by atoms with Crippen LogP contribution < -0.4 is 0 Å². The van der Waals surface area contributed by atoms with Crippen molar-refractivity contribution in [2.24, 2.45) is 5.92 Å². The molecule has 5 aromatic rings. The molecule has 3 aromatic carbocycles. The maximum atomic E-state index is 12.9. The minimum atomic E-state index is -3.24. The molecule has 4 atom stereocenters. The van der Waals surface area contributed by atoms with Crippen molar-refractivity contribution >= 4 is 21.2 Å². The maximum Gasteiger partial charge on any atom is 0.181 e. The van der Waals surface area contributed by atoms with E-state index < -0.39 is 15.6 Å². The third-order valence-electron chi connectivity index (χ3n) is 9.64. The summed E-state index contributed by atoms with van der Waals surface area (Å²) in [7, 11) is -3.24. The van der Waals surface area contributed by atoms with E-state index in [9.17, 15) is 8.42 Å². The van der Waals surface area contributed by atoms with Crippen LogP contribution in [0.5, 0.6) is 0 Å². The van der Waals surface area contributed by atoms with Crippen molar-refractivity contribution in [3.8, 4) is 10.7 Å². The number of nitrogens with one attached hydrogen (secondary N) is 1. The van der Waals surface area contributed by atoms with Gasteiger partial charge in [-0.05, 0) is 72.6 Å². The summed E-state index contributed by atoms with van der Waals surface area (Å²) in [5.74, 6) is -0.213. The average Bonchev–Trinajstić information content (AvgIpc) is 3.43. The molecule has 3 aliphatic rings. The van der Waals surface area contributed by atoms with Crippen molar-refractivity contribution < 1.29 is 17.9 Å². The Morgan fingerprint density at radius 1 is 0.844 bits per heavy atom.